The standard InChI is InChI=1S/C20H28N6O3S/c1-13(2)9-17(12-27)22-19-23-18(24-20(25-19)26-30(4,28)29)10-14(3)16-7-5-15(11-21)6-8-16/h5-8,13-14,17,27H,9-10,12H2,1-4H3,(H2,22,23,24,25,26). The van der Waals surface area contributed by atoms with E-state index in [1.165, 1.54) is 0 Å². The highest BCUT2D eigenvalue weighted by atomic mass is 32.2. The van der Waals surface area contributed by atoms with Gasteiger partial charge in [-0.1, -0.05) is 32.9 Å². The Balaban J connectivity index is 2.29. The summed E-state index contributed by atoms with van der Waals surface area (Å²) in [4.78, 5) is 12.8. The van der Waals surface area contributed by atoms with Crippen molar-refractivity contribution in [2.45, 2.75) is 45.6 Å². The van der Waals surface area contributed by atoms with E-state index in [1.807, 2.05) is 32.9 Å². The van der Waals surface area contributed by atoms with Crippen LogP contribution < -0.4 is 10.0 Å². The minimum Gasteiger partial charge on any atom is -0.394 e. The third-order valence-electron chi connectivity index (χ3n) is 4.37. The maximum atomic E-state index is 11.7. The van der Waals surface area contributed by atoms with Crippen LogP contribution in [-0.4, -0.2) is 47.4 Å². The van der Waals surface area contributed by atoms with Crippen LogP contribution in [0.25, 0.3) is 0 Å². The van der Waals surface area contributed by atoms with E-state index in [0.717, 1.165) is 11.8 Å². The molecule has 0 saturated heterocycles. The van der Waals surface area contributed by atoms with Crippen molar-refractivity contribution in [1.29, 1.82) is 5.26 Å². The molecule has 2 rings (SSSR count). The Hall–Kier alpha value is -2.77. The van der Waals surface area contributed by atoms with Crippen molar-refractivity contribution in [1.82, 2.24) is 15.0 Å². The molecule has 9 nitrogen and oxygen atoms in total. The second kappa shape index (κ2) is 10.3. The molecule has 2 aromatic rings. The van der Waals surface area contributed by atoms with Gasteiger partial charge in [0.15, 0.2) is 0 Å². The summed E-state index contributed by atoms with van der Waals surface area (Å²) in [6.45, 7) is 5.98. The van der Waals surface area contributed by atoms with Gasteiger partial charge in [-0.05, 0) is 36.0 Å². The molecule has 0 amide bonds. The molecule has 2 unspecified atom stereocenters. The Morgan fingerprint density at radius 3 is 2.27 bits per heavy atom. The summed E-state index contributed by atoms with van der Waals surface area (Å²) >= 11 is 0. The lowest BCUT2D eigenvalue weighted by Gasteiger charge is -2.19. The Morgan fingerprint density at radius 2 is 1.73 bits per heavy atom. The molecule has 0 radical (unpaired) electrons. The number of aromatic nitrogens is 3. The van der Waals surface area contributed by atoms with Gasteiger partial charge < -0.3 is 10.4 Å². The van der Waals surface area contributed by atoms with E-state index < -0.39 is 10.0 Å². The molecule has 30 heavy (non-hydrogen) atoms. The molecule has 1 aromatic carbocycles. The van der Waals surface area contributed by atoms with E-state index in [4.69, 9.17) is 5.26 Å². The van der Waals surface area contributed by atoms with Crippen molar-refractivity contribution in [2.24, 2.45) is 5.92 Å². The molecular formula is C20H28N6O3S. The fraction of sp³-hybridized carbons (Fsp3) is 0.500. The number of aliphatic hydroxyl groups is 1. The van der Waals surface area contributed by atoms with Crippen molar-refractivity contribution in [2.75, 3.05) is 22.9 Å². The first-order valence-corrected chi connectivity index (χ1v) is 11.6. The van der Waals surface area contributed by atoms with Crippen LogP contribution in [-0.2, 0) is 16.4 Å². The van der Waals surface area contributed by atoms with Gasteiger partial charge in [-0.3, -0.25) is 4.72 Å². The Kier molecular flexibility index (Phi) is 8.08. The summed E-state index contributed by atoms with van der Waals surface area (Å²) in [5.41, 5.74) is 1.59. The Morgan fingerprint density at radius 1 is 1.10 bits per heavy atom. The van der Waals surface area contributed by atoms with E-state index >= 15 is 0 Å². The lowest BCUT2D eigenvalue weighted by Crippen LogP contribution is -2.27. The third kappa shape index (κ3) is 7.57. The number of aliphatic hydroxyl groups excluding tert-OH is 1. The quantitative estimate of drug-likeness (QED) is 0.519. The average Bonchev–Trinajstić information content (AvgIpc) is 2.65. The van der Waals surface area contributed by atoms with Crippen LogP contribution in [0.2, 0.25) is 0 Å². The number of anilines is 2. The molecule has 1 heterocycles. The minimum absolute atomic E-state index is 0.0309. The van der Waals surface area contributed by atoms with Gasteiger partial charge >= 0.3 is 0 Å². The third-order valence-corrected chi connectivity index (χ3v) is 4.92. The van der Waals surface area contributed by atoms with Gasteiger partial charge in [0, 0.05) is 6.42 Å². The number of rotatable bonds is 10. The van der Waals surface area contributed by atoms with Gasteiger partial charge in [0.05, 0.1) is 30.5 Å². The molecule has 162 valence electrons. The summed E-state index contributed by atoms with van der Waals surface area (Å²) in [7, 11) is -3.56. The van der Waals surface area contributed by atoms with Gasteiger partial charge in [-0.2, -0.15) is 20.2 Å². The number of benzene rings is 1. The van der Waals surface area contributed by atoms with Crippen molar-refractivity contribution in [3.8, 4) is 6.07 Å². The topological polar surface area (TPSA) is 141 Å². The normalized spacial score (nSPS) is 13.5. The van der Waals surface area contributed by atoms with Crippen LogP contribution in [0.4, 0.5) is 11.9 Å². The molecule has 1 aromatic heterocycles. The molecule has 2 atom stereocenters. The summed E-state index contributed by atoms with van der Waals surface area (Å²) in [6.07, 6.45) is 2.17. The lowest BCUT2D eigenvalue weighted by atomic mass is 9.96. The second-order valence-electron chi connectivity index (χ2n) is 7.77. The molecule has 0 spiro atoms. The maximum Gasteiger partial charge on any atom is 0.241 e. The van der Waals surface area contributed by atoms with E-state index in [0.29, 0.717) is 30.1 Å². The Bertz CT molecular complexity index is 987. The van der Waals surface area contributed by atoms with Crippen molar-refractivity contribution < 1.29 is 13.5 Å². The number of nitrogens with zero attached hydrogens (tertiary/aromatic N) is 4. The van der Waals surface area contributed by atoms with Crippen LogP contribution in [0.15, 0.2) is 24.3 Å². The molecule has 3 N–H and O–H groups in total. The van der Waals surface area contributed by atoms with Gasteiger partial charge in [0.1, 0.15) is 5.82 Å². The predicted octanol–water partition coefficient (Wildman–Crippen LogP) is 2.28. The molecule has 0 bridgehead atoms. The van der Waals surface area contributed by atoms with Crippen LogP contribution >= 0.6 is 0 Å². The first-order valence-electron chi connectivity index (χ1n) is 9.69. The summed E-state index contributed by atoms with van der Waals surface area (Å²) in [5, 5.41) is 21.6. The van der Waals surface area contributed by atoms with Crippen LogP contribution in [0.1, 0.15) is 50.1 Å². The van der Waals surface area contributed by atoms with Gasteiger partial charge in [-0.15, -0.1) is 0 Å². The Labute approximate surface area is 177 Å². The molecule has 0 aliphatic rings. The number of nitriles is 1. The lowest BCUT2D eigenvalue weighted by molar-refractivity contribution is 0.259. The second-order valence-corrected chi connectivity index (χ2v) is 9.51. The van der Waals surface area contributed by atoms with Crippen LogP contribution in [0.3, 0.4) is 0 Å². The number of sulfonamides is 1. The van der Waals surface area contributed by atoms with E-state index in [9.17, 15) is 13.5 Å². The first kappa shape index (κ1) is 23.5. The van der Waals surface area contributed by atoms with Crippen molar-refractivity contribution >= 4 is 21.9 Å². The van der Waals surface area contributed by atoms with E-state index in [-0.39, 0.29) is 30.5 Å². The van der Waals surface area contributed by atoms with Gasteiger partial charge in [-0.25, -0.2) is 8.42 Å². The maximum absolute atomic E-state index is 11.7. The van der Waals surface area contributed by atoms with Crippen LogP contribution in [0, 0.1) is 17.2 Å². The average molecular weight is 433 g/mol. The van der Waals surface area contributed by atoms with Gasteiger partial charge in [0.25, 0.3) is 0 Å². The van der Waals surface area contributed by atoms with Crippen molar-refractivity contribution in [3.05, 3.63) is 41.2 Å². The number of hydrogen-bond donors (Lipinski definition) is 3. The first-order chi connectivity index (χ1) is 14.1. The van der Waals surface area contributed by atoms with Crippen molar-refractivity contribution in [3.63, 3.8) is 0 Å². The fourth-order valence-corrected chi connectivity index (χ4v) is 3.42. The summed E-state index contributed by atoms with van der Waals surface area (Å²) < 4.78 is 25.6. The smallest absolute Gasteiger partial charge is 0.241 e. The van der Waals surface area contributed by atoms with E-state index in [2.05, 4.69) is 31.1 Å². The van der Waals surface area contributed by atoms with Crippen LogP contribution in [0.5, 0.6) is 0 Å². The largest absolute Gasteiger partial charge is 0.394 e. The highest BCUT2D eigenvalue weighted by molar-refractivity contribution is 7.91. The molecule has 0 saturated carbocycles. The predicted molar refractivity (Wildman–Crippen MR) is 116 cm³/mol. The zero-order valence-electron chi connectivity index (χ0n) is 17.6. The van der Waals surface area contributed by atoms with Gasteiger partial charge in [0.2, 0.25) is 21.9 Å². The molecule has 0 aliphatic carbocycles. The number of hydrogen-bond acceptors (Lipinski definition) is 8. The number of nitrogens with one attached hydrogen (secondary N) is 2. The summed E-state index contributed by atoms with van der Waals surface area (Å²) in [5.74, 6) is 0.928. The molecule has 0 aliphatic heterocycles. The monoisotopic (exact) mass is 432 g/mol. The van der Waals surface area contributed by atoms with E-state index in [1.54, 1.807) is 12.1 Å². The minimum atomic E-state index is -3.56. The fourth-order valence-electron chi connectivity index (χ4n) is 3.00. The molecular weight excluding hydrogens is 404 g/mol. The zero-order valence-corrected chi connectivity index (χ0v) is 18.4. The SMILES string of the molecule is CC(C)CC(CO)Nc1nc(CC(C)c2ccc(C#N)cc2)nc(NS(C)(=O)=O)n1. The highest BCUT2D eigenvalue weighted by Gasteiger charge is 2.17. The molecule has 0 fully saturated rings. The summed E-state index contributed by atoms with van der Waals surface area (Å²) in [6, 6.07) is 9.09. The highest BCUT2D eigenvalue weighted by Crippen LogP contribution is 2.21. The molecule has 10 heteroatoms. The zero-order chi connectivity index (χ0) is 22.3.